The molecule has 1 saturated carbocycles. The molecule has 1 atom stereocenters. The van der Waals surface area contributed by atoms with Crippen LogP contribution in [0, 0.1) is 23.1 Å². The van der Waals surface area contributed by atoms with Crippen LogP contribution in [-0.4, -0.2) is 6.04 Å². The Morgan fingerprint density at radius 2 is 2.00 bits per heavy atom. The number of halogens is 1. The standard InChI is InChI=1S/C17H23FN2/c1-13(15-6-4-2-3-5-7-15)20-12-16-9-8-14(11-19)10-17(16)18/h8-10,13,15,20H,2-7,12H2,1H3/t13-/m1/s1. The molecule has 2 nitrogen and oxygen atoms in total. The van der Waals surface area contributed by atoms with Crippen molar-refractivity contribution in [2.24, 2.45) is 5.92 Å². The normalized spacial score (nSPS) is 18.2. The van der Waals surface area contributed by atoms with Gasteiger partial charge in [0.2, 0.25) is 0 Å². The molecule has 108 valence electrons. The van der Waals surface area contributed by atoms with E-state index in [4.69, 9.17) is 5.26 Å². The molecule has 1 N–H and O–H groups in total. The molecule has 0 aliphatic heterocycles. The summed E-state index contributed by atoms with van der Waals surface area (Å²) in [7, 11) is 0. The smallest absolute Gasteiger partial charge is 0.129 e. The topological polar surface area (TPSA) is 35.8 Å². The van der Waals surface area contributed by atoms with Crippen molar-refractivity contribution in [3.8, 4) is 6.07 Å². The van der Waals surface area contributed by atoms with Crippen LogP contribution in [-0.2, 0) is 6.54 Å². The number of nitrogens with zero attached hydrogens (tertiary/aromatic N) is 1. The molecule has 20 heavy (non-hydrogen) atoms. The van der Waals surface area contributed by atoms with Crippen molar-refractivity contribution in [1.82, 2.24) is 5.32 Å². The second-order valence-electron chi connectivity index (χ2n) is 5.84. The number of hydrogen-bond donors (Lipinski definition) is 1. The Kier molecular flexibility index (Phi) is 5.55. The molecule has 0 heterocycles. The molecule has 1 fully saturated rings. The van der Waals surface area contributed by atoms with Crippen LogP contribution >= 0.6 is 0 Å². The average molecular weight is 274 g/mol. The zero-order valence-corrected chi connectivity index (χ0v) is 12.2. The molecule has 1 aliphatic carbocycles. The summed E-state index contributed by atoms with van der Waals surface area (Å²) in [4.78, 5) is 0. The van der Waals surface area contributed by atoms with E-state index in [1.807, 2.05) is 6.07 Å². The average Bonchev–Trinajstić information content (AvgIpc) is 2.74. The van der Waals surface area contributed by atoms with Crippen LogP contribution < -0.4 is 5.32 Å². The summed E-state index contributed by atoms with van der Waals surface area (Å²) in [6.07, 6.45) is 7.92. The molecular formula is C17H23FN2. The molecule has 0 aromatic heterocycles. The van der Waals surface area contributed by atoms with Crippen LogP contribution in [0.25, 0.3) is 0 Å². The van der Waals surface area contributed by atoms with E-state index in [9.17, 15) is 4.39 Å². The number of benzene rings is 1. The maximum Gasteiger partial charge on any atom is 0.129 e. The lowest BCUT2D eigenvalue weighted by molar-refractivity contribution is 0.335. The van der Waals surface area contributed by atoms with Gasteiger partial charge in [-0.25, -0.2) is 4.39 Å². The van der Waals surface area contributed by atoms with E-state index < -0.39 is 0 Å². The maximum absolute atomic E-state index is 13.8. The molecule has 3 heteroatoms. The van der Waals surface area contributed by atoms with Crippen LogP contribution in [0.3, 0.4) is 0 Å². The molecule has 2 rings (SSSR count). The monoisotopic (exact) mass is 274 g/mol. The number of hydrogen-bond acceptors (Lipinski definition) is 2. The molecule has 1 aliphatic rings. The van der Waals surface area contributed by atoms with Crippen molar-refractivity contribution < 1.29 is 4.39 Å². The van der Waals surface area contributed by atoms with Gasteiger partial charge in [0.05, 0.1) is 11.6 Å². The molecule has 0 radical (unpaired) electrons. The van der Waals surface area contributed by atoms with Gasteiger partial charge < -0.3 is 5.32 Å². The van der Waals surface area contributed by atoms with Crippen molar-refractivity contribution in [3.63, 3.8) is 0 Å². The van der Waals surface area contributed by atoms with Crippen molar-refractivity contribution in [1.29, 1.82) is 5.26 Å². The van der Waals surface area contributed by atoms with Gasteiger partial charge in [0.1, 0.15) is 5.82 Å². The third kappa shape index (κ3) is 4.05. The minimum Gasteiger partial charge on any atom is -0.310 e. The zero-order chi connectivity index (χ0) is 14.4. The van der Waals surface area contributed by atoms with E-state index in [1.54, 1.807) is 12.1 Å². The van der Waals surface area contributed by atoms with Gasteiger partial charge in [0.15, 0.2) is 0 Å². The van der Waals surface area contributed by atoms with E-state index in [2.05, 4.69) is 12.2 Å². The highest BCUT2D eigenvalue weighted by Gasteiger charge is 2.18. The van der Waals surface area contributed by atoms with E-state index in [0.29, 0.717) is 29.6 Å². The third-order valence-electron chi connectivity index (χ3n) is 4.40. The number of rotatable bonds is 4. The highest BCUT2D eigenvalue weighted by atomic mass is 19.1. The highest BCUT2D eigenvalue weighted by molar-refractivity contribution is 5.32. The van der Waals surface area contributed by atoms with Gasteiger partial charge in [-0.05, 0) is 37.8 Å². The summed E-state index contributed by atoms with van der Waals surface area (Å²) >= 11 is 0. The number of nitrogens with one attached hydrogen (secondary N) is 1. The van der Waals surface area contributed by atoms with Crippen LogP contribution in [0.2, 0.25) is 0 Å². The first kappa shape index (κ1) is 15.0. The summed E-state index contributed by atoms with van der Waals surface area (Å²) in [5, 5.41) is 12.2. The Labute approximate surface area is 121 Å². The quantitative estimate of drug-likeness (QED) is 0.837. The Balaban J connectivity index is 1.89. The first-order chi connectivity index (χ1) is 9.70. The Bertz CT molecular complexity index is 470. The molecule has 0 unspecified atom stereocenters. The van der Waals surface area contributed by atoms with E-state index in [1.165, 1.54) is 44.6 Å². The Hall–Kier alpha value is -1.40. The fourth-order valence-corrected chi connectivity index (χ4v) is 3.01. The maximum atomic E-state index is 13.8. The molecule has 0 spiro atoms. The van der Waals surface area contributed by atoms with Gasteiger partial charge in [0, 0.05) is 18.2 Å². The summed E-state index contributed by atoms with van der Waals surface area (Å²) in [6, 6.07) is 7.08. The second-order valence-corrected chi connectivity index (χ2v) is 5.84. The van der Waals surface area contributed by atoms with Gasteiger partial charge in [-0.3, -0.25) is 0 Å². The molecule has 1 aromatic carbocycles. The third-order valence-corrected chi connectivity index (χ3v) is 4.40. The van der Waals surface area contributed by atoms with Gasteiger partial charge in [0.25, 0.3) is 0 Å². The van der Waals surface area contributed by atoms with Crippen molar-refractivity contribution >= 4 is 0 Å². The van der Waals surface area contributed by atoms with Gasteiger partial charge >= 0.3 is 0 Å². The molecule has 0 amide bonds. The molecule has 0 bridgehead atoms. The lowest BCUT2D eigenvalue weighted by Crippen LogP contribution is -2.33. The van der Waals surface area contributed by atoms with Crippen LogP contribution in [0.15, 0.2) is 18.2 Å². The lowest BCUT2D eigenvalue weighted by Gasteiger charge is -2.23. The number of nitriles is 1. The predicted octanol–water partition coefficient (Wildman–Crippen LogP) is 4.15. The Morgan fingerprint density at radius 1 is 1.30 bits per heavy atom. The first-order valence-electron chi connectivity index (χ1n) is 7.62. The zero-order valence-electron chi connectivity index (χ0n) is 12.2. The van der Waals surface area contributed by atoms with Gasteiger partial charge in [-0.2, -0.15) is 5.26 Å². The largest absolute Gasteiger partial charge is 0.310 e. The first-order valence-corrected chi connectivity index (χ1v) is 7.62. The fourth-order valence-electron chi connectivity index (χ4n) is 3.01. The van der Waals surface area contributed by atoms with Gasteiger partial charge in [-0.15, -0.1) is 0 Å². The van der Waals surface area contributed by atoms with Crippen molar-refractivity contribution in [2.45, 2.75) is 58.0 Å². The molecular weight excluding hydrogens is 251 g/mol. The summed E-state index contributed by atoms with van der Waals surface area (Å²) in [6.45, 7) is 2.74. The summed E-state index contributed by atoms with van der Waals surface area (Å²) < 4.78 is 13.8. The van der Waals surface area contributed by atoms with E-state index in [0.717, 1.165) is 0 Å². The summed E-state index contributed by atoms with van der Waals surface area (Å²) in [5.74, 6) is 0.420. The highest BCUT2D eigenvalue weighted by Crippen LogP contribution is 2.25. The van der Waals surface area contributed by atoms with Crippen molar-refractivity contribution in [2.75, 3.05) is 0 Å². The predicted molar refractivity (Wildman–Crippen MR) is 78.6 cm³/mol. The van der Waals surface area contributed by atoms with Crippen molar-refractivity contribution in [3.05, 3.63) is 35.1 Å². The fraction of sp³-hybridized carbons (Fsp3) is 0.588. The Morgan fingerprint density at radius 3 is 2.60 bits per heavy atom. The summed E-state index contributed by atoms with van der Waals surface area (Å²) in [5.41, 5.74) is 1.02. The van der Waals surface area contributed by atoms with Crippen LogP contribution in [0.4, 0.5) is 4.39 Å². The minimum absolute atomic E-state index is 0.287. The molecule has 0 saturated heterocycles. The second kappa shape index (κ2) is 7.40. The van der Waals surface area contributed by atoms with Crippen LogP contribution in [0.1, 0.15) is 56.6 Å². The van der Waals surface area contributed by atoms with E-state index in [-0.39, 0.29) is 5.82 Å². The lowest BCUT2D eigenvalue weighted by atomic mass is 9.93. The van der Waals surface area contributed by atoms with Crippen LogP contribution in [0.5, 0.6) is 0 Å². The van der Waals surface area contributed by atoms with Gasteiger partial charge in [-0.1, -0.05) is 31.7 Å². The molecule has 1 aromatic rings. The SMILES string of the molecule is C[C@@H](NCc1ccc(C#N)cc1F)C1CCCCCC1. The van der Waals surface area contributed by atoms with E-state index >= 15 is 0 Å². The minimum atomic E-state index is -0.287.